The number of benzene rings is 2. The molecule has 0 N–H and O–H groups in total. The minimum Gasteiger partial charge on any atom is -0.497 e. The largest absolute Gasteiger partial charge is 0.497 e. The van der Waals surface area contributed by atoms with E-state index in [0.717, 1.165) is 42.9 Å². The number of carbonyl (C=O) groups excluding carboxylic acids is 2. The number of para-hydroxylation sites is 2. The van der Waals surface area contributed by atoms with Crippen LogP contribution < -0.4 is 9.64 Å². The van der Waals surface area contributed by atoms with Gasteiger partial charge in [0.1, 0.15) is 11.3 Å². The highest BCUT2D eigenvalue weighted by Crippen LogP contribution is 2.34. The maximum atomic E-state index is 13.1. The Balaban J connectivity index is 1.28. The summed E-state index contributed by atoms with van der Waals surface area (Å²) in [5, 5.41) is 0. The fraction of sp³-hybridized carbons (Fsp3) is 0.348. The second-order valence-electron chi connectivity index (χ2n) is 7.82. The quantitative estimate of drug-likeness (QED) is 0.620. The maximum absolute atomic E-state index is 13.1. The molecule has 7 heteroatoms. The highest BCUT2D eigenvalue weighted by molar-refractivity contribution is 6.22. The van der Waals surface area contributed by atoms with Crippen LogP contribution in [0.15, 0.2) is 52.9 Å². The number of carbonyl (C=O) groups is 2. The second kappa shape index (κ2) is 7.57. The van der Waals surface area contributed by atoms with Crippen LogP contribution in [0.25, 0.3) is 11.1 Å². The smallest absolute Gasteiger partial charge is 0.251 e. The number of anilines is 1. The van der Waals surface area contributed by atoms with E-state index in [4.69, 9.17) is 9.15 Å². The number of fused-ring (bicyclic) bond motifs is 1. The predicted molar refractivity (Wildman–Crippen MR) is 111 cm³/mol. The molecule has 2 aliphatic rings. The van der Waals surface area contributed by atoms with Gasteiger partial charge in [-0.1, -0.05) is 18.2 Å². The van der Waals surface area contributed by atoms with Crippen LogP contribution in [-0.2, 0) is 9.59 Å². The van der Waals surface area contributed by atoms with E-state index in [1.807, 2.05) is 24.3 Å². The Morgan fingerprint density at radius 1 is 1.07 bits per heavy atom. The first-order valence-electron chi connectivity index (χ1n) is 10.2. The lowest BCUT2D eigenvalue weighted by atomic mass is 9.95. The third-order valence-electron chi connectivity index (χ3n) is 6.06. The van der Waals surface area contributed by atoms with E-state index >= 15 is 0 Å². The molecule has 0 spiro atoms. The first-order valence-corrected chi connectivity index (χ1v) is 10.2. The van der Waals surface area contributed by atoms with Crippen LogP contribution in [0.5, 0.6) is 5.75 Å². The molecule has 1 aromatic heterocycles. The number of ether oxygens (including phenoxy) is 1. The van der Waals surface area contributed by atoms with Gasteiger partial charge in [-0.25, -0.2) is 9.88 Å². The third kappa shape index (κ3) is 3.25. The molecule has 1 unspecified atom stereocenters. The molecule has 3 heterocycles. The van der Waals surface area contributed by atoms with E-state index in [1.165, 1.54) is 4.90 Å². The van der Waals surface area contributed by atoms with Gasteiger partial charge in [0.2, 0.25) is 5.91 Å². The standard InChI is InChI=1S/C23H23N3O4/c1-29-17-6-4-5-16(13-17)26-21(27)14-19(23(26)28)25-11-9-15(10-12-25)22-24-18-7-2-3-8-20(18)30-22/h2-8,13,15,19H,9-12,14H2,1H3. The molecule has 2 aliphatic heterocycles. The van der Waals surface area contributed by atoms with Crippen LogP contribution in [0.4, 0.5) is 5.69 Å². The molecule has 5 rings (SSSR count). The van der Waals surface area contributed by atoms with Crippen molar-refractivity contribution in [3.63, 3.8) is 0 Å². The van der Waals surface area contributed by atoms with Crippen molar-refractivity contribution >= 4 is 28.6 Å². The Kier molecular flexibility index (Phi) is 4.75. The number of imide groups is 1. The van der Waals surface area contributed by atoms with Crippen LogP contribution in [0, 0.1) is 0 Å². The first kappa shape index (κ1) is 18.8. The number of likely N-dealkylation sites (tertiary alicyclic amines) is 1. The Hall–Kier alpha value is -3.19. The SMILES string of the molecule is COc1cccc(N2C(=O)CC(N3CCC(c4nc5ccccc5o4)CC3)C2=O)c1. The molecular weight excluding hydrogens is 382 g/mol. The van der Waals surface area contributed by atoms with Crippen LogP contribution in [-0.4, -0.2) is 47.9 Å². The number of amides is 2. The van der Waals surface area contributed by atoms with Crippen molar-refractivity contribution in [3.05, 3.63) is 54.4 Å². The van der Waals surface area contributed by atoms with Crippen molar-refractivity contribution in [3.8, 4) is 5.75 Å². The van der Waals surface area contributed by atoms with Gasteiger partial charge in [-0.15, -0.1) is 0 Å². The van der Waals surface area contributed by atoms with E-state index in [1.54, 1.807) is 31.4 Å². The lowest BCUT2D eigenvalue weighted by Crippen LogP contribution is -2.45. The molecule has 2 fully saturated rings. The van der Waals surface area contributed by atoms with Crippen molar-refractivity contribution in [2.24, 2.45) is 0 Å². The lowest BCUT2D eigenvalue weighted by molar-refractivity contribution is -0.123. The topological polar surface area (TPSA) is 75.9 Å². The molecule has 3 aromatic rings. The van der Waals surface area contributed by atoms with Crippen molar-refractivity contribution in [2.75, 3.05) is 25.1 Å². The number of rotatable bonds is 4. The maximum Gasteiger partial charge on any atom is 0.251 e. The third-order valence-corrected chi connectivity index (χ3v) is 6.06. The Bertz CT molecular complexity index is 1070. The summed E-state index contributed by atoms with van der Waals surface area (Å²) in [6.45, 7) is 1.47. The molecule has 30 heavy (non-hydrogen) atoms. The molecule has 2 aromatic carbocycles. The van der Waals surface area contributed by atoms with Crippen molar-refractivity contribution in [1.82, 2.24) is 9.88 Å². The zero-order valence-corrected chi connectivity index (χ0v) is 16.8. The van der Waals surface area contributed by atoms with Gasteiger partial charge < -0.3 is 9.15 Å². The molecule has 0 saturated carbocycles. The highest BCUT2D eigenvalue weighted by atomic mass is 16.5. The van der Waals surface area contributed by atoms with E-state index in [-0.39, 0.29) is 24.2 Å². The Labute approximate surface area is 174 Å². The average molecular weight is 405 g/mol. The zero-order valence-electron chi connectivity index (χ0n) is 16.8. The van der Waals surface area contributed by atoms with Gasteiger partial charge in [-0.05, 0) is 50.2 Å². The lowest BCUT2D eigenvalue weighted by Gasteiger charge is -2.33. The number of piperidine rings is 1. The molecule has 0 aliphatic carbocycles. The molecule has 0 bridgehead atoms. The van der Waals surface area contributed by atoms with Gasteiger partial charge in [0, 0.05) is 12.0 Å². The van der Waals surface area contributed by atoms with E-state index in [9.17, 15) is 9.59 Å². The first-order chi connectivity index (χ1) is 14.6. The summed E-state index contributed by atoms with van der Waals surface area (Å²) in [7, 11) is 1.57. The van der Waals surface area contributed by atoms with Crippen molar-refractivity contribution in [2.45, 2.75) is 31.2 Å². The predicted octanol–water partition coefficient (Wildman–Crippen LogP) is 3.35. The van der Waals surface area contributed by atoms with Gasteiger partial charge in [-0.2, -0.15) is 0 Å². The summed E-state index contributed by atoms with van der Waals surface area (Å²) in [5.41, 5.74) is 2.24. The van der Waals surface area contributed by atoms with Gasteiger partial charge in [0.05, 0.1) is 25.3 Å². The molecular formula is C23H23N3O4. The summed E-state index contributed by atoms with van der Waals surface area (Å²) in [6, 6.07) is 14.4. The molecule has 2 saturated heterocycles. The number of methoxy groups -OCH3 is 1. The zero-order chi connectivity index (χ0) is 20.7. The van der Waals surface area contributed by atoms with Crippen LogP contribution >= 0.6 is 0 Å². The summed E-state index contributed by atoms with van der Waals surface area (Å²) in [4.78, 5) is 33.8. The monoisotopic (exact) mass is 405 g/mol. The van der Waals surface area contributed by atoms with Gasteiger partial charge >= 0.3 is 0 Å². The summed E-state index contributed by atoms with van der Waals surface area (Å²) in [5.74, 6) is 1.29. The Morgan fingerprint density at radius 3 is 2.63 bits per heavy atom. The van der Waals surface area contributed by atoms with Crippen molar-refractivity contribution in [1.29, 1.82) is 0 Å². The molecule has 7 nitrogen and oxygen atoms in total. The van der Waals surface area contributed by atoms with Crippen LogP contribution in [0.3, 0.4) is 0 Å². The van der Waals surface area contributed by atoms with Crippen molar-refractivity contribution < 1.29 is 18.7 Å². The fourth-order valence-corrected chi connectivity index (χ4v) is 4.44. The minimum absolute atomic E-state index is 0.159. The molecule has 2 amide bonds. The van der Waals surface area contributed by atoms with Gasteiger partial charge in [0.25, 0.3) is 5.91 Å². The van der Waals surface area contributed by atoms with Crippen LogP contribution in [0.2, 0.25) is 0 Å². The second-order valence-corrected chi connectivity index (χ2v) is 7.82. The minimum atomic E-state index is -0.409. The normalized spacial score (nSPS) is 21.0. The number of aromatic nitrogens is 1. The van der Waals surface area contributed by atoms with E-state index in [0.29, 0.717) is 11.4 Å². The number of oxazole rings is 1. The molecule has 154 valence electrons. The van der Waals surface area contributed by atoms with Gasteiger partial charge in [0.15, 0.2) is 11.5 Å². The highest BCUT2D eigenvalue weighted by Gasteiger charge is 2.43. The summed E-state index contributed by atoms with van der Waals surface area (Å²) in [6.07, 6.45) is 1.91. The number of hydrogen-bond donors (Lipinski definition) is 0. The van der Waals surface area contributed by atoms with Gasteiger partial charge in [-0.3, -0.25) is 14.5 Å². The number of hydrogen-bond acceptors (Lipinski definition) is 6. The molecule has 0 radical (unpaired) electrons. The Morgan fingerprint density at radius 2 is 1.87 bits per heavy atom. The summed E-state index contributed by atoms with van der Waals surface area (Å²) < 4.78 is 11.2. The fourth-order valence-electron chi connectivity index (χ4n) is 4.44. The molecule has 1 atom stereocenters. The average Bonchev–Trinajstić information content (AvgIpc) is 3.34. The van der Waals surface area contributed by atoms with E-state index < -0.39 is 6.04 Å². The van der Waals surface area contributed by atoms with E-state index in [2.05, 4.69) is 9.88 Å². The number of nitrogens with zero attached hydrogens (tertiary/aromatic N) is 3. The van der Waals surface area contributed by atoms with Crippen LogP contribution in [0.1, 0.15) is 31.1 Å². The summed E-state index contributed by atoms with van der Waals surface area (Å²) >= 11 is 0.